The largest absolute Gasteiger partial charge is 0.278 e. The van der Waals surface area contributed by atoms with E-state index in [0.29, 0.717) is 10.8 Å². The number of hydrogen-bond donors (Lipinski definition) is 1. The minimum atomic E-state index is 0.470. The Morgan fingerprint density at radius 1 is 0.426 bits per heavy atom. The van der Waals surface area contributed by atoms with Crippen LogP contribution in [0.2, 0.25) is 0 Å². The molecule has 17 saturated carbocycles. The summed E-state index contributed by atoms with van der Waals surface area (Å²) in [6.07, 6.45) is 63.2. The van der Waals surface area contributed by atoms with Crippen molar-refractivity contribution in [2.24, 2.45) is 253 Å². The van der Waals surface area contributed by atoms with Gasteiger partial charge in [0.1, 0.15) is 0 Å². The maximum atomic E-state index is 6.92. The molecule has 0 spiro atoms. The van der Waals surface area contributed by atoms with Gasteiger partial charge < -0.3 is 0 Å². The highest BCUT2D eigenvalue weighted by Gasteiger charge is 2.80. The van der Waals surface area contributed by atoms with Gasteiger partial charge in [-0.25, -0.2) is 0 Å². The summed E-state index contributed by atoms with van der Waals surface area (Å²) in [6.45, 7) is 26.5. The maximum absolute atomic E-state index is 6.92. The van der Waals surface area contributed by atoms with Crippen molar-refractivity contribution in [1.29, 1.82) is 0 Å². The van der Waals surface area contributed by atoms with Crippen molar-refractivity contribution in [3.8, 4) is 0 Å². The average molecular weight is 1300 g/mol. The summed E-state index contributed by atoms with van der Waals surface area (Å²) in [5.74, 6) is 39.3. The smallest absolute Gasteiger partial charge is 0.0224 e. The van der Waals surface area contributed by atoms with Gasteiger partial charge in [-0.15, -0.1) is 0 Å². The van der Waals surface area contributed by atoms with Gasteiger partial charge in [0.15, 0.2) is 0 Å². The van der Waals surface area contributed by atoms with Gasteiger partial charge >= 0.3 is 0 Å². The van der Waals surface area contributed by atoms with Gasteiger partial charge in [-0.1, -0.05) is 208 Å². The van der Waals surface area contributed by atoms with E-state index >= 15 is 0 Å². The predicted octanol–water partition coefficient (Wildman–Crippen LogP) is 24.8. The molecule has 0 aliphatic heterocycles. The minimum Gasteiger partial charge on any atom is -0.278 e. The normalized spacial score (nSPS) is 60.5. The lowest BCUT2D eigenvalue weighted by atomic mass is 9.30. The quantitative estimate of drug-likeness (QED) is 0.156. The van der Waals surface area contributed by atoms with E-state index in [2.05, 4.69) is 74.0 Å². The van der Waals surface area contributed by atoms with Crippen molar-refractivity contribution >= 4 is 11.9 Å². The van der Waals surface area contributed by atoms with Crippen LogP contribution in [0, 0.1) is 248 Å². The highest BCUT2D eigenvalue weighted by molar-refractivity contribution is 7.97. The Morgan fingerprint density at radius 3 is 1.72 bits per heavy atom. The molecule has 94 heavy (non-hydrogen) atoms. The number of rotatable bonds is 7. The zero-order valence-corrected chi connectivity index (χ0v) is 63.4. The molecular formula is C92H147NS. The van der Waals surface area contributed by atoms with Crippen LogP contribution in [0.15, 0.2) is 11.6 Å². The Labute approximate surface area is 584 Å². The summed E-state index contributed by atoms with van der Waals surface area (Å²) in [4.78, 5) is 0. The number of allylic oxidation sites excluding steroid dienone is 2. The highest BCUT2D eigenvalue weighted by atomic mass is 32.2. The van der Waals surface area contributed by atoms with Crippen molar-refractivity contribution in [3.63, 3.8) is 0 Å². The van der Waals surface area contributed by atoms with Gasteiger partial charge in [-0.05, 0) is 370 Å². The minimum absolute atomic E-state index is 0.470. The van der Waals surface area contributed by atoms with Crippen LogP contribution in [0.4, 0.5) is 0 Å². The molecule has 17 fully saturated rings. The fourth-order valence-electron chi connectivity index (χ4n) is 38.5. The first-order valence-corrected chi connectivity index (χ1v) is 45.9. The maximum Gasteiger partial charge on any atom is 0.0224 e. The van der Waals surface area contributed by atoms with Crippen LogP contribution >= 0.6 is 11.9 Å². The molecule has 42 unspecified atom stereocenters. The van der Waals surface area contributed by atoms with Crippen molar-refractivity contribution in [3.05, 3.63) is 11.6 Å². The molecule has 526 valence electrons. The Kier molecular flexibility index (Phi) is 17.2. The lowest BCUT2D eigenvalue weighted by Crippen LogP contribution is -2.70. The first-order chi connectivity index (χ1) is 45.9. The Hall–Kier alpha value is 0.0500. The molecule has 19 aliphatic rings. The summed E-state index contributed by atoms with van der Waals surface area (Å²) < 4.78 is 0. The molecule has 0 aromatic carbocycles. The molecule has 4 bridgehead atoms. The molecule has 42 atom stereocenters. The molecule has 1 nitrogen and oxygen atoms in total. The van der Waals surface area contributed by atoms with Gasteiger partial charge in [0.25, 0.3) is 0 Å². The van der Waals surface area contributed by atoms with Crippen molar-refractivity contribution < 1.29 is 0 Å². The van der Waals surface area contributed by atoms with E-state index in [9.17, 15) is 0 Å². The average Bonchev–Trinajstić information content (AvgIpc) is 1.43. The fourth-order valence-corrected chi connectivity index (χ4v) is 39.4. The molecule has 0 saturated heterocycles. The Bertz CT molecular complexity index is 2740. The van der Waals surface area contributed by atoms with Crippen LogP contribution < -0.4 is 5.14 Å². The SMILES string of the molecule is CCCCCC1C(C)C2C(CCCC2C(C)C)CC2=CC1C1CC(C3CCCC4(C)C3C3C1CCCC3C1C3CC3C(C3CCCC5CC(SN)C6CCCCC6C53)C3C5CCCC(C)C5C5C(C)CCCC5C3C14C)C1C3C4CCCCC(C)C4C4CCCCC4C2C13. The van der Waals surface area contributed by atoms with Crippen molar-refractivity contribution in [2.45, 2.75) is 312 Å². The topological polar surface area (TPSA) is 26.0 Å². The van der Waals surface area contributed by atoms with E-state index < -0.39 is 0 Å². The van der Waals surface area contributed by atoms with Crippen LogP contribution in [0.5, 0.6) is 0 Å². The number of hydrogen-bond acceptors (Lipinski definition) is 2. The summed E-state index contributed by atoms with van der Waals surface area (Å²) in [6, 6.07) is 0. The monoisotopic (exact) mass is 1300 g/mol. The summed E-state index contributed by atoms with van der Waals surface area (Å²) in [5.41, 5.74) is 3.18. The van der Waals surface area contributed by atoms with Crippen LogP contribution in [0.1, 0.15) is 306 Å². The third-order valence-corrected chi connectivity index (χ3v) is 41.3. The number of fused-ring (bicyclic) bond motifs is 30. The first-order valence-electron chi connectivity index (χ1n) is 44.9. The summed E-state index contributed by atoms with van der Waals surface area (Å²) in [5, 5.41) is 7.66. The molecule has 0 radical (unpaired) electrons. The van der Waals surface area contributed by atoms with Crippen LogP contribution in [0.25, 0.3) is 0 Å². The number of unbranched alkanes of at least 4 members (excludes halogenated alkanes) is 2. The molecular weight excluding hydrogens is 1150 g/mol. The Morgan fingerprint density at radius 2 is 0.968 bits per heavy atom. The zero-order valence-electron chi connectivity index (χ0n) is 62.6. The lowest BCUT2D eigenvalue weighted by molar-refractivity contribution is -0.273. The second kappa shape index (κ2) is 24.9. The Balaban J connectivity index is 0.816. The highest BCUT2D eigenvalue weighted by Crippen LogP contribution is 2.86. The lowest BCUT2D eigenvalue weighted by Gasteiger charge is -2.75. The predicted molar refractivity (Wildman–Crippen MR) is 395 cm³/mol. The molecule has 0 heterocycles. The number of nitrogens with two attached hydrogens (primary N) is 1. The van der Waals surface area contributed by atoms with E-state index in [1.807, 2.05) is 11.9 Å². The van der Waals surface area contributed by atoms with Gasteiger partial charge in [-0.3, -0.25) is 5.14 Å². The van der Waals surface area contributed by atoms with E-state index in [1.54, 1.807) is 193 Å². The third kappa shape index (κ3) is 9.46. The molecule has 2 N–H and O–H groups in total. The van der Waals surface area contributed by atoms with E-state index in [1.165, 1.54) is 51.4 Å². The van der Waals surface area contributed by atoms with E-state index in [0.717, 1.165) is 242 Å². The second-order valence-corrected chi connectivity index (χ2v) is 43.7. The van der Waals surface area contributed by atoms with Crippen molar-refractivity contribution in [1.82, 2.24) is 0 Å². The zero-order chi connectivity index (χ0) is 63.5. The van der Waals surface area contributed by atoms with Gasteiger partial charge in [0.2, 0.25) is 0 Å². The molecule has 0 aromatic heterocycles. The van der Waals surface area contributed by atoms with Gasteiger partial charge in [-0.2, -0.15) is 0 Å². The van der Waals surface area contributed by atoms with Crippen LogP contribution in [0.3, 0.4) is 0 Å². The molecule has 2 heteroatoms. The summed E-state index contributed by atoms with van der Waals surface area (Å²) >= 11 is 1.86. The van der Waals surface area contributed by atoms with E-state index in [4.69, 9.17) is 5.14 Å². The molecule has 0 amide bonds. The van der Waals surface area contributed by atoms with Crippen LogP contribution in [-0.2, 0) is 0 Å². The molecule has 0 aromatic rings. The standard InChI is InChI=1S/C92H147NS/c1-10-11-12-30-58-53(7)79-54(28-21-36-57(79)49(2)3)44-56-45-70(58)71-47-72(85-84-65-35-14-13-25-50(4)76(65)61-33-17-18-34-62(61)81(56)87(84)85)64-42-24-43-91(8)89(64)83-63(71)37-23-41-69(83)88-74-48-73(74)82(67-39-22-29-55-46-75(94-93)59-31-15-16-32-60(59)80(55)67)86-66-38-19-26-51(5)77(66)78-52(6)27-20-40-68(78)90(86)92(88,91)9/h45,49-55,57-90H,10-44,46-48,93H2,1-9H3. The van der Waals surface area contributed by atoms with Gasteiger partial charge in [0, 0.05) is 5.25 Å². The summed E-state index contributed by atoms with van der Waals surface area (Å²) in [7, 11) is 0. The van der Waals surface area contributed by atoms with Crippen molar-refractivity contribution in [2.75, 3.05) is 0 Å². The first kappa shape index (κ1) is 64.9. The second-order valence-electron chi connectivity index (χ2n) is 42.8. The molecule has 19 aliphatic carbocycles. The van der Waals surface area contributed by atoms with Gasteiger partial charge in [0.05, 0.1) is 0 Å². The third-order valence-electron chi connectivity index (χ3n) is 40.4. The van der Waals surface area contributed by atoms with E-state index in [-0.39, 0.29) is 0 Å². The van der Waals surface area contributed by atoms with Crippen LogP contribution in [-0.4, -0.2) is 5.25 Å². The fraction of sp³-hybridized carbons (Fsp3) is 0.978. The molecule has 19 rings (SSSR count).